The first kappa shape index (κ1) is 28.1. The number of ketones is 2. The number of hydrogen-bond donors (Lipinski definition) is 5. The van der Waals surface area contributed by atoms with E-state index in [2.05, 4.69) is 11.8 Å². The number of benzene rings is 1. The van der Waals surface area contributed by atoms with Gasteiger partial charge in [0.1, 0.15) is 28.6 Å². The summed E-state index contributed by atoms with van der Waals surface area (Å²) in [6.45, 7) is 3.82. The highest BCUT2D eigenvalue weighted by Gasteiger charge is 2.64. The fourth-order valence-electron chi connectivity index (χ4n) is 7.53. The number of nitrogens with zero attached hydrogens (tertiary/aromatic N) is 2. The number of methoxy groups -OCH3 is 1. The molecule has 1 aliphatic heterocycles. The number of aliphatic hydroxyl groups is 3. The van der Waals surface area contributed by atoms with Crippen molar-refractivity contribution in [3.05, 3.63) is 39.7 Å². The van der Waals surface area contributed by atoms with Crippen molar-refractivity contribution in [1.29, 1.82) is 0 Å². The quantitative estimate of drug-likeness (QED) is 0.335. The maximum absolute atomic E-state index is 14.0. The SMILES string of the molecule is CCN1CCCCC1c1cc(O)c2c(c1OC)C[C@H]1C[C@H]3[C@H](N(C)C)C(=O)C(C(N)=O)=C(O)[C@@]3(O)C(=O)C1=C2O. The molecule has 1 saturated carbocycles. The van der Waals surface area contributed by atoms with Gasteiger partial charge < -0.3 is 30.9 Å². The lowest BCUT2D eigenvalue weighted by molar-refractivity contribution is -0.153. The van der Waals surface area contributed by atoms with Gasteiger partial charge in [0.05, 0.1) is 18.7 Å². The number of Topliss-reactive ketones (excluding diaryl/α,β-unsaturated/α-hetero) is 2. The standard InChI is InChI=1S/C29H37N3O8/c1-5-32-9-7-6-8-17(32)14-12-18(33)20-15(25(14)40-4)10-13-11-16-22(31(2)3)24(35)21(28(30)38)27(37)29(16,39)26(36)19(13)23(20)34/h12-13,16-17,22,33-34,37,39H,5-11H2,1-4H3,(H2,30,38)/t13-,16-,17?,22-,29-/m0/s1. The Morgan fingerprint density at radius 2 is 1.93 bits per heavy atom. The van der Waals surface area contributed by atoms with E-state index >= 15 is 0 Å². The summed E-state index contributed by atoms with van der Waals surface area (Å²) in [5.41, 5.74) is 3.10. The summed E-state index contributed by atoms with van der Waals surface area (Å²) in [6, 6.07) is 0.459. The van der Waals surface area contributed by atoms with Crippen LogP contribution in [0, 0.1) is 11.8 Å². The van der Waals surface area contributed by atoms with Crippen molar-refractivity contribution < 1.29 is 39.5 Å². The molecule has 1 aromatic carbocycles. The number of fused-ring (bicyclic) bond motifs is 3. The van der Waals surface area contributed by atoms with Crippen molar-refractivity contribution in [3.8, 4) is 11.5 Å². The first-order valence-corrected chi connectivity index (χ1v) is 13.7. The zero-order chi connectivity index (χ0) is 29.3. The molecule has 11 heteroatoms. The van der Waals surface area contributed by atoms with Gasteiger partial charge in [-0.2, -0.15) is 0 Å². The Labute approximate surface area is 232 Å². The molecule has 6 N–H and O–H groups in total. The minimum absolute atomic E-state index is 0.0129. The van der Waals surface area contributed by atoms with Gasteiger partial charge in [0, 0.05) is 28.7 Å². The molecule has 1 heterocycles. The zero-order valence-electron chi connectivity index (χ0n) is 23.2. The van der Waals surface area contributed by atoms with Crippen molar-refractivity contribution in [3.63, 3.8) is 0 Å². The van der Waals surface area contributed by atoms with Crippen LogP contribution in [0.1, 0.15) is 55.3 Å². The Bertz CT molecular complexity index is 1370. The summed E-state index contributed by atoms with van der Waals surface area (Å²) in [5, 5.41) is 45.4. The second-order valence-corrected chi connectivity index (χ2v) is 11.5. The molecule has 1 amide bonds. The Kier molecular flexibility index (Phi) is 6.96. The first-order valence-electron chi connectivity index (χ1n) is 13.7. The van der Waals surface area contributed by atoms with Crippen LogP contribution in [-0.2, 0) is 20.8 Å². The number of phenols is 1. The highest BCUT2D eigenvalue weighted by molar-refractivity contribution is 6.24. The number of piperidine rings is 1. The summed E-state index contributed by atoms with van der Waals surface area (Å²) in [6.07, 6.45) is 3.21. The number of phenolic OH excluding ortho intramolecular Hbond substituents is 1. The zero-order valence-corrected chi connectivity index (χ0v) is 23.2. The van der Waals surface area contributed by atoms with Crippen molar-refractivity contribution >= 4 is 23.2 Å². The molecule has 4 aliphatic rings. The van der Waals surface area contributed by atoms with E-state index in [1.54, 1.807) is 20.2 Å². The molecule has 1 saturated heterocycles. The minimum atomic E-state index is -2.66. The largest absolute Gasteiger partial charge is 0.508 e. The molecule has 1 unspecified atom stereocenters. The molecule has 40 heavy (non-hydrogen) atoms. The van der Waals surface area contributed by atoms with Gasteiger partial charge in [-0.1, -0.05) is 13.3 Å². The predicted molar refractivity (Wildman–Crippen MR) is 145 cm³/mol. The summed E-state index contributed by atoms with van der Waals surface area (Å²) in [4.78, 5) is 43.2. The Hall–Kier alpha value is -3.41. The number of primary amides is 1. The molecule has 11 nitrogen and oxygen atoms in total. The molecule has 0 radical (unpaired) electrons. The Morgan fingerprint density at radius 3 is 2.52 bits per heavy atom. The van der Waals surface area contributed by atoms with E-state index in [1.807, 2.05) is 0 Å². The first-order chi connectivity index (χ1) is 18.9. The maximum Gasteiger partial charge on any atom is 0.255 e. The number of likely N-dealkylation sites (N-methyl/N-ethyl adjacent to an activating group) is 1. The smallest absolute Gasteiger partial charge is 0.255 e. The topological polar surface area (TPSA) is 174 Å². The summed E-state index contributed by atoms with van der Waals surface area (Å²) in [7, 11) is 4.68. The lowest BCUT2D eigenvalue weighted by atomic mass is 9.57. The monoisotopic (exact) mass is 555 g/mol. The Balaban J connectivity index is 1.70. The minimum Gasteiger partial charge on any atom is -0.508 e. The number of amides is 1. The lowest BCUT2D eigenvalue weighted by Gasteiger charge is -2.50. The third-order valence-electron chi connectivity index (χ3n) is 9.28. The number of rotatable bonds is 5. The highest BCUT2D eigenvalue weighted by Crippen LogP contribution is 2.55. The van der Waals surface area contributed by atoms with Crippen LogP contribution in [0.4, 0.5) is 0 Å². The van der Waals surface area contributed by atoms with E-state index in [4.69, 9.17) is 10.5 Å². The van der Waals surface area contributed by atoms with Crippen LogP contribution >= 0.6 is 0 Å². The van der Waals surface area contributed by atoms with Crippen molar-refractivity contribution in [2.45, 2.75) is 56.7 Å². The molecule has 5 atom stereocenters. The number of ether oxygens (including phenoxy) is 1. The lowest BCUT2D eigenvalue weighted by Crippen LogP contribution is -2.65. The fourth-order valence-corrected chi connectivity index (χ4v) is 7.53. The van der Waals surface area contributed by atoms with Gasteiger partial charge in [0.15, 0.2) is 11.4 Å². The summed E-state index contributed by atoms with van der Waals surface area (Å²) < 4.78 is 5.89. The van der Waals surface area contributed by atoms with Crippen molar-refractivity contribution in [2.24, 2.45) is 17.6 Å². The van der Waals surface area contributed by atoms with E-state index < -0.39 is 58.0 Å². The number of carbonyl (C=O) groups excluding carboxylic acids is 3. The number of nitrogens with two attached hydrogens (primary N) is 1. The van der Waals surface area contributed by atoms with Crippen molar-refractivity contribution in [2.75, 3.05) is 34.3 Å². The normalized spacial score (nSPS) is 30.8. The average molecular weight is 556 g/mol. The molecular weight excluding hydrogens is 518 g/mol. The Morgan fingerprint density at radius 1 is 1.23 bits per heavy atom. The molecule has 216 valence electrons. The second kappa shape index (κ2) is 9.90. The van der Waals surface area contributed by atoms with E-state index in [1.165, 1.54) is 12.0 Å². The summed E-state index contributed by atoms with van der Waals surface area (Å²) >= 11 is 0. The number of likely N-dealkylation sites (tertiary alicyclic amines) is 1. The van der Waals surface area contributed by atoms with Gasteiger partial charge in [0.2, 0.25) is 5.78 Å². The number of aromatic hydroxyl groups is 1. The van der Waals surface area contributed by atoms with Crippen LogP contribution in [0.15, 0.2) is 23.0 Å². The van der Waals surface area contributed by atoms with Crippen LogP contribution in [0.25, 0.3) is 5.76 Å². The van der Waals surface area contributed by atoms with Gasteiger partial charge in [-0.05, 0) is 64.9 Å². The molecule has 2 fully saturated rings. The van der Waals surface area contributed by atoms with E-state index in [0.29, 0.717) is 11.3 Å². The summed E-state index contributed by atoms with van der Waals surface area (Å²) in [5.74, 6) is -6.16. The highest BCUT2D eigenvalue weighted by atomic mass is 16.5. The predicted octanol–water partition coefficient (Wildman–Crippen LogP) is 1.52. The number of carbonyl (C=O) groups is 3. The van der Waals surface area contributed by atoms with Crippen LogP contribution in [0.5, 0.6) is 11.5 Å². The molecule has 5 rings (SSSR count). The van der Waals surface area contributed by atoms with E-state index in [0.717, 1.165) is 37.9 Å². The van der Waals surface area contributed by atoms with Gasteiger partial charge >= 0.3 is 0 Å². The molecular formula is C29H37N3O8. The molecule has 0 spiro atoms. The average Bonchev–Trinajstić information content (AvgIpc) is 2.90. The third-order valence-corrected chi connectivity index (χ3v) is 9.28. The number of aliphatic hydroxyl groups excluding tert-OH is 2. The molecule has 0 bridgehead atoms. The van der Waals surface area contributed by atoms with Crippen LogP contribution < -0.4 is 10.5 Å². The van der Waals surface area contributed by atoms with Gasteiger partial charge in [-0.15, -0.1) is 0 Å². The van der Waals surface area contributed by atoms with Crippen LogP contribution in [0.3, 0.4) is 0 Å². The van der Waals surface area contributed by atoms with Gasteiger partial charge in [-0.3, -0.25) is 24.2 Å². The van der Waals surface area contributed by atoms with Crippen LogP contribution in [0.2, 0.25) is 0 Å². The van der Waals surface area contributed by atoms with Gasteiger partial charge in [-0.25, -0.2) is 0 Å². The van der Waals surface area contributed by atoms with Crippen LogP contribution in [-0.4, -0.2) is 93.6 Å². The third kappa shape index (κ3) is 3.78. The molecule has 3 aliphatic carbocycles. The van der Waals surface area contributed by atoms with Crippen molar-refractivity contribution in [1.82, 2.24) is 9.80 Å². The number of hydrogen-bond acceptors (Lipinski definition) is 10. The molecule has 0 aromatic heterocycles. The van der Waals surface area contributed by atoms with E-state index in [-0.39, 0.29) is 35.8 Å². The fraction of sp³-hybridized carbons (Fsp3) is 0.552. The van der Waals surface area contributed by atoms with E-state index in [9.17, 15) is 34.8 Å². The van der Waals surface area contributed by atoms with Gasteiger partial charge in [0.25, 0.3) is 5.91 Å². The second-order valence-electron chi connectivity index (χ2n) is 11.5. The maximum atomic E-state index is 14.0. The molecule has 1 aromatic rings.